The molecule has 0 amide bonds. The predicted molar refractivity (Wildman–Crippen MR) is 49.1 cm³/mol. The first-order valence-corrected chi connectivity index (χ1v) is 4.68. The summed E-state index contributed by atoms with van der Waals surface area (Å²) in [6.45, 7) is 8.13. The van der Waals surface area contributed by atoms with Crippen LogP contribution in [0.1, 0.15) is 20.8 Å². The summed E-state index contributed by atoms with van der Waals surface area (Å²) in [6, 6.07) is -0.659. The van der Waals surface area contributed by atoms with Gasteiger partial charge in [0.2, 0.25) is 0 Å². The molecule has 0 aromatic heterocycles. The van der Waals surface area contributed by atoms with Gasteiger partial charge in [0.25, 0.3) is 6.43 Å². The zero-order valence-corrected chi connectivity index (χ0v) is 8.48. The average molecular weight is 192 g/mol. The number of hydrogen-bond acceptors (Lipinski definition) is 2. The van der Waals surface area contributed by atoms with Crippen LogP contribution in [0, 0.1) is 0 Å². The van der Waals surface area contributed by atoms with E-state index >= 15 is 0 Å². The standard InChI is InChI=1S/C9H18F2N2/c1-9(2,3)13-5-4-12-7(6-13)8(10)11/h7-8,12H,4-6H2,1-3H3/t7-/m1/s1. The van der Waals surface area contributed by atoms with Gasteiger partial charge in [0.15, 0.2) is 0 Å². The Bertz CT molecular complexity index is 165. The van der Waals surface area contributed by atoms with Crippen molar-refractivity contribution >= 4 is 0 Å². The zero-order chi connectivity index (χ0) is 10.1. The maximum absolute atomic E-state index is 12.4. The lowest BCUT2D eigenvalue weighted by molar-refractivity contribution is 0.0249. The van der Waals surface area contributed by atoms with Gasteiger partial charge in [0.1, 0.15) is 0 Å². The first kappa shape index (κ1) is 10.9. The van der Waals surface area contributed by atoms with Gasteiger partial charge in [-0.2, -0.15) is 0 Å². The maximum Gasteiger partial charge on any atom is 0.254 e. The highest BCUT2D eigenvalue weighted by Gasteiger charge is 2.31. The van der Waals surface area contributed by atoms with Gasteiger partial charge in [0, 0.05) is 25.2 Å². The molecule has 4 heteroatoms. The number of alkyl halides is 2. The van der Waals surface area contributed by atoms with Gasteiger partial charge in [-0.25, -0.2) is 8.78 Å². The van der Waals surface area contributed by atoms with E-state index in [1.807, 2.05) is 0 Å². The molecule has 0 bridgehead atoms. The molecule has 0 saturated carbocycles. The molecule has 0 radical (unpaired) electrons. The number of nitrogens with one attached hydrogen (secondary N) is 1. The fourth-order valence-electron chi connectivity index (χ4n) is 1.56. The quantitative estimate of drug-likeness (QED) is 0.674. The highest BCUT2D eigenvalue weighted by molar-refractivity contribution is 4.86. The minimum Gasteiger partial charge on any atom is -0.307 e. The molecule has 78 valence electrons. The van der Waals surface area contributed by atoms with E-state index in [4.69, 9.17) is 0 Å². The van der Waals surface area contributed by atoms with Gasteiger partial charge in [-0.1, -0.05) is 0 Å². The topological polar surface area (TPSA) is 15.3 Å². The molecule has 1 aliphatic heterocycles. The van der Waals surface area contributed by atoms with E-state index < -0.39 is 12.5 Å². The predicted octanol–water partition coefficient (Wildman–Crippen LogP) is 1.32. The van der Waals surface area contributed by atoms with Crippen molar-refractivity contribution in [2.24, 2.45) is 0 Å². The van der Waals surface area contributed by atoms with Crippen LogP contribution in [-0.4, -0.2) is 42.5 Å². The molecule has 0 aromatic carbocycles. The Morgan fingerprint density at radius 3 is 2.46 bits per heavy atom. The van der Waals surface area contributed by atoms with Crippen LogP contribution in [0.5, 0.6) is 0 Å². The minimum atomic E-state index is -2.26. The van der Waals surface area contributed by atoms with Crippen molar-refractivity contribution in [2.75, 3.05) is 19.6 Å². The molecule has 1 atom stereocenters. The smallest absolute Gasteiger partial charge is 0.254 e. The van der Waals surface area contributed by atoms with Gasteiger partial charge in [-0.05, 0) is 20.8 Å². The Labute approximate surface area is 78.3 Å². The molecule has 1 aliphatic rings. The highest BCUT2D eigenvalue weighted by atomic mass is 19.3. The Balaban J connectivity index is 2.52. The highest BCUT2D eigenvalue weighted by Crippen LogP contribution is 2.17. The molecule has 1 N–H and O–H groups in total. The van der Waals surface area contributed by atoms with E-state index in [1.54, 1.807) is 0 Å². The van der Waals surface area contributed by atoms with Crippen molar-refractivity contribution in [1.82, 2.24) is 10.2 Å². The average Bonchev–Trinajstić information content (AvgIpc) is 2.03. The Morgan fingerprint density at radius 2 is 2.00 bits per heavy atom. The van der Waals surface area contributed by atoms with Crippen LogP contribution in [0.4, 0.5) is 8.78 Å². The van der Waals surface area contributed by atoms with Crippen molar-refractivity contribution in [3.05, 3.63) is 0 Å². The molecule has 2 nitrogen and oxygen atoms in total. The normalized spacial score (nSPS) is 26.8. The monoisotopic (exact) mass is 192 g/mol. The molecule has 0 aliphatic carbocycles. The summed E-state index contributed by atoms with van der Waals surface area (Å²) in [7, 11) is 0. The molecule has 13 heavy (non-hydrogen) atoms. The summed E-state index contributed by atoms with van der Waals surface area (Å²) in [5, 5.41) is 2.83. The third-order valence-electron chi connectivity index (χ3n) is 2.46. The van der Waals surface area contributed by atoms with Crippen molar-refractivity contribution in [1.29, 1.82) is 0 Å². The Kier molecular flexibility index (Phi) is 3.24. The number of halogens is 2. The molecular formula is C9H18F2N2. The van der Waals surface area contributed by atoms with E-state index in [2.05, 4.69) is 31.0 Å². The van der Waals surface area contributed by atoms with E-state index in [0.29, 0.717) is 13.1 Å². The fraction of sp³-hybridized carbons (Fsp3) is 1.00. The van der Waals surface area contributed by atoms with E-state index in [-0.39, 0.29) is 5.54 Å². The number of nitrogens with zero attached hydrogens (tertiary/aromatic N) is 1. The van der Waals surface area contributed by atoms with Gasteiger partial charge in [0.05, 0.1) is 6.04 Å². The summed E-state index contributed by atoms with van der Waals surface area (Å²) in [4.78, 5) is 2.10. The molecule has 0 spiro atoms. The SMILES string of the molecule is CC(C)(C)N1CCN[C@@H](C(F)F)C1. The lowest BCUT2D eigenvalue weighted by Crippen LogP contribution is -2.58. The fourth-order valence-corrected chi connectivity index (χ4v) is 1.56. The second kappa shape index (κ2) is 3.88. The largest absolute Gasteiger partial charge is 0.307 e. The molecule has 1 rings (SSSR count). The first-order chi connectivity index (χ1) is 5.91. The first-order valence-electron chi connectivity index (χ1n) is 4.68. The third kappa shape index (κ3) is 2.88. The Hall–Kier alpha value is -0.220. The van der Waals surface area contributed by atoms with Crippen LogP contribution >= 0.6 is 0 Å². The zero-order valence-electron chi connectivity index (χ0n) is 8.48. The van der Waals surface area contributed by atoms with Gasteiger partial charge in [-0.15, -0.1) is 0 Å². The van der Waals surface area contributed by atoms with Crippen LogP contribution in [0.25, 0.3) is 0 Å². The number of piperazine rings is 1. The van der Waals surface area contributed by atoms with Crippen molar-refractivity contribution in [3.63, 3.8) is 0 Å². The second-order valence-electron chi connectivity index (χ2n) is 4.51. The summed E-state index contributed by atoms with van der Waals surface area (Å²) >= 11 is 0. The maximum atomic E-state index is 12.4. The van der Waals surface area contributed by atoms with Crippen LogP contribution in [0.2, 0.25) is 0 Å². The molecule has 0 unspecified atom stereocenters. The second-order valence-corrected chi connectivity index (χ2v) is 4.51. The van der Waals surface area contributed by atoms with E-state index in [9.17, 15) is 8.78 Å². The summed E-state index contributed by atoms with van der Waals surface area (Å²) in [5.74, 6) is 0. The van der Waals surface area contributed by atoms with Crippen LogP contribution in [0.15, 0.2) is 0 Å². The molecule has 0 aromatic rings. The van der Waals surface area contributed by atoms with Crippen molar-refractivity contribution in [3.8, 4) is 0 Å². The van der Waals surface area contributed by atoms with E-state index in [1.165, 1.54) is 0 Å². The minimum absolute atomic E-state index is 0.00472. The van der Waals surface area contributed by atoms with Crippen molar-refractivity contribution < 1.29 is 8.78 Å². The molecule has 1 saturated heterocycles. The summed E-state index contributed by atoms with van der Waals surface area (Å²) < 4.78 is 24.8. The van der Waals surface area contributed by atoms with Gasteiger partial charge in [-0.3, -0.25) is 4.90 Å². The van der Waals surface area contributed by atoms with Crippen LogP contribution < -0.4 is 5.32 Å². The summed E-state index contributed by atoms with van der Waals surface area (Å²) in [5.41, 5.74) is -0.00472. The van der Waals surface area contributed by atoms with Crippen LogP contribution in [-0.2, 0) is 0 Å². The van der Waals surface area contributed by atoms with Gasteiger partial charge >= 0.3 is 0 Å². The number of hydrogen-bond donors (Lipinski definition) is 1. The molecule has 1 heterocycles. The lowest BCUT2D eigenvalue weighted by atomic mass is 10.0. The lowest BCUT2D eigenvalue weighted by Gasteiger charge is -2.41. The van der Waals surface area contributed by atoms with Crippen LogP contribution in [0.3, 0.4) is 0 Å². The Morgan fingerprint density at radius 1 is 1.38 bits per heavy atom. The van der Waals surface area contributed by atoms with E-state index in [0.717, 1.165) is 6.54 Å². The van der Waals surface area contributed by atoms with Gasteiger partial charge < -0.3 is 5.32 Å². The molecule has 1 fully saturated rings. The number of rotatable bonds is 1. The summed E-state index contributed by atoms with van der Waals surface area (Å²) in [6.07, 6.45) is -2.26. The third-order valence-corrected chi connectivity index (χ3v) is 2.46. The molecular weight excluding hydrogens is 174 g/mol. The van der Waals surface area contributed by atoms with Crippen molar-refractivity contribution in [2.45, 2.75) is 38.8 Å².